The summed E-state index contributed by atoms with van der Waals surface area (Å²) in [7, 11) is -4.43. The molecule has 0 unspecified atom stereocenters. The molecule has 3 N–H and O–H groups in total. The number of para-hydroxylation sites is 2. The van der Waals surface area contributed by atoms with Crippen LogP contribution in [0.1, 0.15) is 16.1 Å². The van der Waals surface area contributed by atoms with E-state index in [1.165, 1.54) is 24.5 Å². The number of carboxylic acid groups (broad SMARTS) is 1. The Balaban J connectivity index is 1.98. The minimum absolute atomic E-state index is 0.0774. The molecule has 10 nitrogen and oxygen atoms in total. The molecular formula is C18H14ClN3O7S. The van der Waals surface area contributed by atoms with Gasteiger partial charge in [0.2, 0.25) is 0 Å². The predicted octanol–water partition coefficient (Wildman–Crippen LogP) is 3.95. The second-order valence-corrected chi connectivity index (χ2v) is 8.00. The summed E-state index contributed by atoms with van der Waals surface area (Å²) in [6, 6.07) is 10.5. The zero-order chi connectivity index (χ0) is 21.9. The summed E-state index contributed by atoms with van der Waals surface area (Å²) in [5, 5.41) is 23.2. The summed E-state index contributed by atoms with van der Waals surface area (Å²) in [5.74, 6) is -0.868. The minimum Gasteiger partial charge on any atom is -0.478 e. The van der Waals surface area contributed by atoms with Crippen molar-refractivity contribution >= 4 is 44.7 Å². The van der Waals surface area contributed by atoms with Crippen molar-refractivity contribution in [2.24, 2.45) is 0 Å². The Kier molecular flexibility index (Phi) is 5.94. The molecule has 0 bridgehead atoms. The van der Waals surface area contributed by atoms with E-state index in [2.05, 4.69) is 10.0 Å². The fraction of sp³-hybridized carbons (Fsp3) is 0.0556. The van der Waals surface area contributed by atoms with Crippen LogP contribution in [-0.2, 0) is 16.6 Å². The van der Waals surface area contributed by atoms with Gasteiger partial charge in [-0.25, -0.2) is 13.2 Å². The fourth-order valence-corrected chi connectivity index (χ4v) is 4.23. The van der Waals surface area contributed by atoms with Crippen LogP contribution in [0.5, 0.6) is 0 Å². The third-order valence-corrected chi connectivity index (χ3v) is 5.80. The molecule has 156 valence electrons. The number of sulfonamides is 1. The highest BCUT2D eigenvalue weighted by Gasteiger charge is 2.25. The van der Waals surface area contributed by atoms with Gasteiger partial charge < -0.3 is 14.8 Å². The number of rotatable bonds is 8. The Labute approximate surface area is 175 Å². The summed E-state index contributed by atoms with van der Waals surface area (Å²) in [6.07, 6.45) is 1.45. The molecule has 3 rings (SSSR count). The minimum atomic E-state index is -4.43. The number of carbonyl (C=O) groups is 1. The maximum absolute atomic E-state index is 12.8. The molecule has 0 aliphatic rings. The number of nitro benzene ring substituents is 1. The normalized spacial score (nSPS) is 11.1. The van der Waals surface area contributed by atoms with Crippen LogP contribution in [0, 0.1) is 10.1 Å². The quantitative estimate of drug-likeness (QED) is 0.344. The van der Waals surface area contributed by atoms with Crippen molar-refractivity contribution in [3.63, 3.8) is 0 Å². The molecule has 1 aromatic heterocycles. The topological polar surface area (TPSA) is 152 Å². The van der Waals surface area contributed by atoms with Crippen LogP contribution in [0.2, 0.25) is 5.02 Å². The maximum Gasteiger partial charge on any atom is 0.337 e. The number of hydrogen-bond donors (Lipinski definition) is 3. The lowest BCUT2D eigenvalue weighted by molar-refractivity contribution is -0.383. The molecule has 0 aliphatic heterocycles. The first-order chi connectivity index (χ1) is 14.2. The van der Waals surface area contributed by atoms with E-state index in [0.29, 0.717) is 5.76 Å². The number of aromatic carboxylic acids is 1. The van der Waals surface area contributed by atoms with E-state index in [1.54, 1.807) is 12.1 Å². The van der Waals surface area contributed by atoms with Crippen LogP contribution < -0.4 is 10.0 Å². The van der Waals surface area contributed by atoms with E-state index >= 15 is 0 Å². The fourth-order valence-electron chi connectivity index (χ4n) is 2.60. The molecule has 30 heavy (non-hydrogen) atoms. The van der Waals surface area contributed by atoms with E-state index in [9.17, 15) is 28.4 Å². The van der Waals surface area contributed by atoms with Crippen LogP contribution in [0.15, 0.2) is 64.1 Å². The second kappa shape index (κ2) is 8.43. The van der Waals surface area contributed by atoms with Crippen molar-refractivity contribution in [3.05, 3.63) is 81.3 Å². The Morgan fingerprint density at radius 1 is 1.17 bits per heavy atom. The van der Waals surface area contributed by atoms with Gasteiger partial charge in [0.05, 0.1) is 34.0 Å². The lowest BCUT2D eigenvalue weighted by atomic mass is 10.1. The van der Waals surface area contributed by atoms with E-state index in [1.807, 2.05) is 0 Å². The third-order valence-electron chi connectivity index (χ3n) is 3.97. The lowest BCUT2D eigenvalue weighted by Gasteiger charge is -2.14. The highest BCUT2D eigenvalue weighted by molar-refractivity contribution is 7.92. The van der Waals surface area contributed by atoms with E-state index in [0.717, 1.165) is 18.2 Å². The number of halogens is 1. The average Bonchev–Trinajstić information content (AvgIpc) is 3.19. The standard InChI is InChI=1S/C18H14ClN3O7S/c19-13-9-15(20-10-11-4-3-7-29-11)12(18(23)24)8-17(13)30(27,28)21-14-5-1-2-6-16(14)22(25)26/h1-9,20-21H,10H2,(H,23,24). The summed E-state index contributed by atoms with van der Waals surface area (Å²) in [4.78, 5) is 21.5. The Morgan fingerprint density at radius 3 is 2.53 bits per heavy atom. The molecule has 1 heterocycles. The Hall–Kier alpha value is -3.57. The third kappa shape index (κ3) is 4.53. The molecule has 0 saturated carbocycles. The maximum atomic E-state index is 12.8. The summed E-state index contributed by atoms with van der Waals surface area (Å²) < 4.78 is 32.8. The van der Waals surface area contributed by atoms with Gasteiger partial charge in [-0.2, -0.15) is 0 Å². The van der Waals surface area contributed by atoms with Gasteiger partial charge in [0, 0.05) is 6.07 Å². The molecule has 0 fully saturated rings. The molecule has 2 aromatic carbocycles. The van der Waals surface area contributed by atoms with Gasteiger partial charge in [-0.1, -0.05) is 23.7 Å². The zero-order valence-corrected chi connectivity index (χ0v) is 16.6. The van der Waals surface area contributed by atoms with E-state index in [4.69, 9.17) is 16.0 Å². The molecule has 0 aliphatic carbocycles. The van der Waals surface area contributed by atoms with Crippen LogP contribution in [0.25, 0.3) is 0 Å². The first-order valence-corrected chi connectivity index (χ1v) is 10.1. The van der Waals surface area contributed by atoms with Crippen molar-refractivity contribution in [1.29, 1.82) is 0 Å². The predicted molar refractivity (Wildman–Crippen MR) is 108 cm³/mol. The van der Waals surface area contributed by atoms with Crippen molar-refractivity contribution in [2.75, 3.05) is 10.0 Å². The number of furan rings is 1. The molecule has 0 radical (unpaired) electrons. The van der Waals surface area contributed by atoms with Crippen LogP contribution in [-0.4, -0.2) is 24.4 Å². The molecular weight excluding hydrogens is 438 g/mol. The first kappa shape index (κ1) is 21.1. The smallest absolute Gasteiger partial charge is 0.337 e. The first-order valence-electron chi connectivity index (χ1n) is 8.28. The van der Waals surface area contributed by atoms with Gasteiger partial charge in [0.1, 0.15) is 16.3 Å². The molecule has 0 atom stereocenters. The SMILES string of the molecule is O=C(O)c1cc(S(=O)(=O)Nc2ccccc2[N+](=O)[O-])c(Cl)cc1NCc1ccco1. The van der Waals surface area contributed by atoms with Gasteiger partial charge in [0.15, 0.2) is 0 Å². The number of carboxylic acids is 1. The second-order valence-electron chi connectivity index (χ2n) is 5.95. The molecule has 0 spiro atoms. The van der Waals surface area contributed by atoms with Crippen molar-refractivity contribution in [2.45, 2.75) is 11.4 Å². The van der Waals surface area contributed by atoms with E-state index in [-0.39, 0.29) is 28.5 Å². The highest BCUT2D eigenvalue weighted by atomic mass is 35.5. The van der Waals surface area contributed by atoms with Gasteiger partial charge >= 0.3 is 5.97 Å². The van der Waals surface area contributed by atoms with Crippen molar-refractivity contribution < 1.29 is 27.7 Å². The summed E-state index contributed by atoms with van der Waals surface area (Å²) in [5.41, 5.74) is -1.02. The van der Waals surface area contributed by atoms with Gasteiger partial charge in [-0.15, -0.1) is 0 Å². The van der Waals surface area contributed by atoms with Crippen LogP contribution >= 0.6 is 11.6 Å². The Morgan fingerprint density at radius 2 is 1.90 bits per heavy atom. The Bertz CT molecular complexity index is 1210. The van der Waals surface area contributed by atoms with Gasteiger partial charge in [-0.05, 0) is 30.3 Å². The molecule has 3 aromatic rings. The molecule has 0 amide bonds. The van der Waals surface area contributed by atoms with Crippen LogP contribution in [0.3, 0.4) is 0 Å². The monoisotopic (exact) mass is 451 g/mol. The average molecular weight is 452 g/mol. The molecule has 12 heteroatoms. The van der Waals surface area contributed by atoms with Gasteiger partial charge in [-0.3, -0.25) is 14.8 Å². The number of nitro groups is 1. The number of nitrogens with one attached hydrogen (secondary N) is 2. The highest BCUT2D eigenvalue weighted by Crippen LogP contribution is 2.32. The van der Waals surface area contributed by atoms with Crippen LogP contribution in [0.4, 0.5) is 17.1 Å². The lowest BCUT2D eigenvalue weighted by Crippen LogP contribution is -2.16. The number of nitrogens with zero attached hydrogens (tertiary/aromatic N) is 1. The van der Waals surface area contributed by atoms with Crippen molar-refractivity contribution in [3.8, 4) is 0 Å². The van der Waals surface area contributed by atoms with E-state index < -0.39 is 31.5 Å². The number of benzene rings is 2. The number of anilines is 2. The number of hydrogen-bond acceptors (Lipinski definition) is 7. The summed E-state index contributed by atoms with van der Waals surface area (Å²) >= 11 is 6.11. The zero-order valence-electron chi connectivity index (χ0n) is 15.0. The van der Waals surface area contributed by atoms with Crippen molar-refractivity contribution in [1.82, 2.24) is 0 Å². The molecule has 0 saturated heterocycles. The largest absolute Gasteiger partial charge is 0.478 e. The van der Waals surface area contributed by atoms with Gasteiger partial charge in [0.25, 0.3) is 15.7 Å². The summed E-state index contributed by atoms with van der Waals surface area (Å²) in [6.45, 7) is 0.143.